The predicted octanol–water partition coefficient (Wildman–Crippen LogP) is 3.28. The third-order valence-electron chi connectivity index (χ3n) is 6.96. The molecule has 3 aliphatic heterocycles. The van der Waals surface area contributed by atoms with Crippen LogP contribution in [0.15, 0.2) is 18.2 Å². The molecular formula is C25H33N5O3. The fraction of sp³-hybridized carbons (Fsp3) is 0.560. The molecule has 8 heteroatoms. The van der Waals surface area contributed by atoms with Crippen LogP contribution < -0.4 is 19.3 Å². The molecule has 0 spiro atoms. The summed E-state index contributed by atoms with van der Waals surface area (Å²) in [7, 11) is 3.19. The molecule has 8 nitrogen and oxygen atoms in total. The summed E-state index contributed by atoms with van der Waals surface area (Å²) >= 11 is 0. The fourth-order valence-electron chi connectivity index (χ4n) is 5.10. The van der Waals surface area contributed by atoms with Crippen LogP contribution in [0.2, 0.25) is 0 Å². The Balaban J connectivity index is 1.46. The fourth-order valence-corrected chi connectivity index (χ4v) is 5.10. The maximum absolute atomic E-state index is 13.4. The van der Waals surface area contributed by atoms with Crippen molar-refractivity contribution in [3.05, 3.63) is 35.0 Å². The molecule has 0 radical (unpaired) electrons. The summed E-state index contributed by atoms with van der Waals surface area (Å²) < 4.78 is 10.7. The van der Waals surface area contributed by atoms with Crippen LogP contribution in [0.4, 0.5) is 11.8 Å². The number of benzene rings is 1. The average Bonchev–Trinajstić information content (AvgIpc) is 3.42. The van der Waals surface area contributed by atoms with Gasteiger partial charge in [-0.3, -0.25) is 4.79 Å². The van der Waals surface area contributed by atoms with Gasteiger partial charge in [0.2, 0.25) is 5.95 Å². The van der Waals surface area contributed by atoms with Gasteiger partial charge in [-0.15, -0.1) is 0 Å². The number of rotatable bonds is 5. The number of fused-ring (bicyclic) bond motifs is 1. The second-order valence-electron chi connectivity index (χ2n) is 9.09. The number of amides is 1. The van der Waals surface area contributed by atoms with E-state index in [1.807, 2.05) is 4.90 Å². The minimum atomic E-state index is -0.0228. The molecule has 0 unspecified atom stereocenters. The molecule has 176 valence electrons. The zero-order chi connectivity index (χ0) is 22.8. The van der Waals surface area contributed by atoms with Crippen LogP contribution in [0.5, 0.6) is 11.5 Å². The van der Waals surface area contributed by atoms with Crippen molar-refractivity contribution < 1.29 is 14.3 Å². The van der Waals surface area contributed by atoms with Gasteiger partial charge in [-0.2, -0.15) is 4.98 Å². The van der Waals surface area contributed by atoms with E-state index in [1.165, 1.54) is 32.1 Å². The van der Waals surface area contributed by atoms with E-state index in [0.29, 0.717) is 30.2 Å². The molecule has 2 aromatic rings. The first-order chi connectivity index (χ1) is 16.2. The van der Waals surface area contributed by atoms with Crippen molar-refractivity contribution >= 4 is 17.7 Å². The molecule has 0 N–H and O–H groups in total. The smallest absolute Gasteiger partial charge is 0.254 e. The molecule has 0 saturated carbocycles. The van der Waals surface area contributed by atoms with Crippen molar-refractivity contribution in [3.8, 4) is 11.5 Å². The lowest BCUT2D eigenvalue weighted by Crippen LogP contribution is -2.39. The molecule has 0 aliphatic carbocycles. The maximum atomic E-state index is 13.4. The van der Waals surface area contributed by atoms with E-state index in [-0.39, 0.29) is 5.91 Å². The van der Waals surface area contributed by atoms with Gasteiger partial charge in [-0.05, 0) is 44.2 Å². The lowest BCUT2D eigenvalue weighted by Gasteiger charge is -2.34. The average molecular weight is 452 g/mol. The van der Waals surface area contributed by atoms with E-state index in [0.717, 1.165) is 55.6 Å². The minimum Gasteiger partial charge on any atom is -0.497 e. The van der Waals surface area contributed by atoms with Gasteiger partial charge in [0.15, 0.2) is 0 Å². The zero-order valence-electron chi connectivity index (χ0n) is 19.7. The van der Waals surface area contributed by atoms with E-state index in [9.17, 15) is 4.79 Å². The summed E-state index contributed by atoms with van der Waals surface area (Å²) in [5, 5.41) is 0. The van der Waals surface area contributed by atoms with Crippen LogP contribution in [0.1, 0.15) is 53.7 Å². The lowest BCUT2D eigenvalue weighted by molar-refractivity contribution is 0.0733. The highest BCUT2D eigenvalue weighted by Gasteiger charge is 2.30. The van der Waals surface area contributed by atoms with Gasteiger partial charge in [-0.1, -0.05) is 0 Å². The molecule has 4 heterocycles. The van der Waals surface area contributed by atoms with Crippen molar-refractivity contribution in [1.82, 2.24) is 14.9 Å². The molecule has 1 aromatic carbocycles. The first-order valence-electron chi connectivity index (χ1n) is 12.1. The number of ether oxygens (including phenoxy) is 2. The Bertz CT molecular complexity index is 993. The van der Waals surface area contributed by atoms with Gasteiger partial charge in [0.05, 0.1) is 26.5 Å². The zero-order valence-corrected chi connectivity index (χ0v) is 19.7. The van der Waals surface area contributed by atoms with E-state index < -0.39 is 0 Å². The SMILES string of the molecule is COc1cc(OC)cc(C(=O)N2CCc3nc(N4CCCCC4)nc(N4CCCC4)c3C2)c1. The Kier molecular flexibility index (Phi) is 6.24. The number of anilines is 2. The van der Waals surface area contributed by atoms with Gasteiger partial charge >= 0.3 is 0 Å². The quantitative estimate of drug-likeness (QED) is 0.691. The Hall–Kier alpha value is -3.03. The van der Waals surface area contributed by atoms with Gasteiger partial charge in [-0.25, -0.2) is 4.98 Å². The van der Waals surface area contributed by atoms with Crippen LogP contribution in [0.25, 0.3) is 0 Å². The lowest BCUT2D eigenvalue weighted by atomic mass is 10.0. The largest absolute Gasteiger partial charge is 0.497 e. The molecule has 2 saturated heterocycles. The highest BCUT2D eigenvalue weighted by molar-refractivity contribution is 5.95. The third-order valence-corrected chi connectivity index (χ3v) is 6.96. The van der Waals surface area contributed by atoms with Gasteiger partial charge < -0.3 is 24.2 Å². The van der Waals surface area contributed by atoms with Crippen molar-refractivity contribution in [3.63, 3.8) is 0 Å². The normalized spacial score (nSPS) is 18.3. The van der Waals surface area contributed by atoms with E-state index in [1.54, 1.807) is 32.4 Å². The van der Waals surface area contributed by atoms with Crippen LogP contribution in [0, 0.1) is 0 Å². The predicted molar refractivity (Wildman–Crippen MR) is 128 cm³/mol. The molecule has 3 aliphatic rings. The van der Waals surface area contributed by atoms with Crippen molar-refractivity contribution in [2.24, 2.45) is 0 Å². The van der Waals surface area contributed by atoms with Crippen LogP contribution in [-0.4, -0.2) is 67.7 Å². The van der Waals surface area contributed by atoms with E-state index >= 15 is 0 Å². The highest BCUT2D eigenvalue weighted by atomic mass is 16.5. The molecule has 0 bridgehead atoms. The summed E-state index contributed by atoms with van der Waals surface area (Å²) in [6.45, 7) is 5.26. The number of methoxy groups -OCH3 is 2. The van der Waals surface area contributed by atoms with Crippen molar-refractivity contribution in [1.29, 1.82) is 0 Å². The van der Waals surface area contributed by atoms with Gasteiger partial charge in [0.1, 0.15) is 17.3 Å². The summed E-state index contributed by atoms with van der Waals surface area (Å²) in [4.78, 5) is 30.1. The second-order valence-corrected chi connectivity index (χ2v) is 9.09. The number of nitrogens with zero attached hydrogens (tertiary/aromatic N) is 5. The number of aromatic nitrogens is 2. The monoisotopic (exact) mass is 451 g/mol. The minimum absolute atomic E-state index is 0.0228. The maximum Gasteiger partial charge on any atom is 0.254 e. The second kappa shape index (κ2) is 9.45. The summed E-state index contributed by atoms with van der Waals surface area (Å²) in [5.41, 5.74) is 2.77. The Morgan fingerprint density at radius 3 is 2.12 bits per heavy atom. The standard InChI is InChI=1S/C25H33N5O3/c1-32-19-14-18(15-20(16-19)33-2)24(31)30-13-8-22-21(17-30)23(28-9-6-7-10-28)27-25(26-22)29-11-4-3-5-12-29/h14-16H,3-13,17H2,1-2H3. The summed E-state index contributed by atoms with van der Waals surface area (Å²) in [6.07, 6.45) is 6.80. The molecule has 5 rings (SSSR count). The number of carbonyl (C=O) groups excluding carboxylic acids is 1. The van der Waals surface area contributed by atoms with E-state index in [2.05, 4.69) is 9.80 Å². The Labute approximate surface area is 195 Å². The summed E-state index contributed by atoms with van der Waals surface area (Å²) in [6, 6.07) is 5.33. The van der Waals surface area contributed by atoms with Gasteiger partial charge in [0.25, 0.3) is 5.91 Å². The topological polar surface area (TPSA) is 71.0 Å². The number of carbonyl (C=O) groups is 1. The first kappa shape index (κ1) is 21.8. The molecular weight excluding hydrogens is 418 g/mol. The van der Waals surface area contributed by atoms with Crippen LogP contribution in [0.3, 0.4) is 0 Å². The van der Waals surface area contributed by atoms with Crippen LogP contribution in [-0.2, 0) is 13.0 Å². The molecule has 1 aromatic heterocycles. The molecule has 1 amide bonds. The first-order valence-corrected chi connectivity index (χ1v) is 12.1. The number of hydrogen-bond acceptors (Lipinski definition) is 7. The van der Waals surface area contributed by atoms with Crippen LogP contribution >= 0.6 is 0 Å². The Morgan fingerprint density at radius 1 is 0.818 bits per heavy atom. The Morgan fingerprint density at radius 2 is 1.45 bits per heavy atom. The summed E-state index contributed by atoms with van der Waals surface area (Å²) in [5.74, 6) is 3.10. The molecule has 0 atom stereocenters. The number of hydrogen-bond donors (Lipinski definition) is 0. The molecule has 2 fully saturated rings. The highest BCUT2D eigenvalue weighted by Crippen LogP contribution is 2.33. The van der Waals surface area contributed by atoms with E-state index in [4.69, 9.17) is 19.4 Å². The van der Waals surface area contributed by atoms with Crippen molar-refractivity contribution in [2.45, 2.75) is 45.1 Å². The number of piperidine rings is 1. The third kappa shape index (κ3) is 4.43. The van der Waals surface area contributed by atoms with Gasteiger partial charge in [0, 0.05) is 56.3 Å². The molecule has 33 heavy (non-hydrogen) atoms. The van der Waals surface area contributed by atoms with Crippen molar-refractivity contribution in [2.75, 3.05) is 56.7 Å².